The first kappa shape index (κ1) is 32.5. The zero-order valence-electron chi connectivity index (χ0n) is 20.4. The van der Waals surface area contributed by atoms with E-state index in [9.17, 15) is 52.5 Å². The minimum Gasteiger partial charge on any atom is -0.743 e. The van der Waals surface area contributed by atoms with Gasteiger partial charge in [-0.1, -0.05) is 54.1 Å². The van der Waals surface area contributed by atoms with Crippen molar-refractivity contribution in [3.8, 4) is 0 Å². The summed E-state index contributed by atoms with van der Waals surface area (Å²) in [4.78, 5) is 4.22. The Morgan fingerprint density at radius 1 is 0.641 bits per heavy atom. The quantitative estimate of drug-likeness (QED) is 0.165. The summed E-state index contributed by atoms with van der Waals surface area (Å²) in [5.41, 5.74) is 4.10. The molecule has 0 heterocycles. The number of alkyl halides is 9. The van der Waals surface area contributed by atoms with Gasteiger partial charge in [0.1, 0.15) is 0 Å². The van der Waals surface area contributed by atoms with E-state index in [1.54, 1.807) is 0 Å². The molecule has 14 heteroatoms. The van der Waals surface area contributed by atoms with Crippen molar-refractivity contribution in [3.63, 3.8) is 0 Å². The van der Waals surface area contributed by atoms with Crippen LogP contribution in [0.25, 0.3) is 0 Å². The van der Waals surface area contributed by atoms with Crippen molar-refractivity contribution in [2.45, 2.75) is 58.7 Å². The average Bonchev–Trinajstić information content (AvgIpc) is 2.81. The molecule has 0 aliphatic carbocycles. The average molecular weight is 605 g/mol. The second kappa shape index (κ2) is 11.4. The molecule has 214 valence electrons. The van der Waals surface area contributed by atoms with Gasteiger partial charge in [0.15, 0.2) is 24.8 Å². The van der Waals surface area contributed by atoms with Gasteiger partial charge < -0.3 is 4.55 Å². The highest BCUT2D eigenvalue weighted by molar-refractivity contribution is 7.97. The summed E-state index contributed by atoms with van der Waals surface area (Å²) in [6.07, 6.45) is -7.16. The second-order valence-electron chi connectivity index (χ2n) is 8.28. The Hall–Kier alpha value is -2.71. The summed E-state index contributed by atoms with van der Waals surface area (Å²) in [7, 11) is -7.46. The van der Waals surface area contributed by atoms with Gasteiger partial charge in [0.05, 0.1) is 10.9 Å². The monoisotopic (exact) mass is 604 g/mol. The molecule has 0 saturated carbocycles. The molecule has 3 aromatic rings. The van der Waals surface area contributed by atoms with Crippen LogP contribution in [0.4, 0.5) is 39.5 Å². The topological polar surface area (TPSA) is 57.2 Å². The summed E-state index contributed by atoms with van der Waals surface area (Å²) in [6, 6.07) is 26.3. The summed E-state index contributed by atoms with van der Waals surface area (Å²) >= 11 is 0. The fourth-order valence-electron chi connectivity index (χ4n) is 3.49. The van der Waals surface area contributed by atoms with Gasteiger partial charge in [-0.3, -0.25) is 0 Å². The number of aryl methyl sites for hydroxylation is 3. The van der Waals surface area contributed by atoms with E-state index in [1.807, 2.05) is 0 Å². The molecule has 0 bridgehead atoms. The van der Waals surface area contributed by atoms with Crippen LogP contribution in [0.3, 0.4) is 0 Å². The van der Waals surface area contributed by atoms with Gasteiger partial charge >= 0.3 is 23.3 Å². The third-order valence-electron chi connectivity index (χ3n) is 5.20. The number of rotatable bonds is 6. The molecule has 0 spiro atoms. The highest BCUT2D eigenvalue weighted by Gasteiger charge is 2.83. The Morgan fingerprint density at radius 3 is 1.31 bits per heavy atom. The predicted molar refractivity (Wildman–Crippen MR) is 126 cm³/mol. The molecule has 3 aromatic carbocycles. The van der Waals surface area contributed by atoms with Crippen LogP contribution >= 0.6 is 0 Å². The zero-order chi connectivity index (χ0) is 30.0. The molecule has 3 rings (SSSR count). The van der Waals surface area contributed by atoms with E-state index >= 15 is 0 Å². The maximum Gasteiger partial charge on any atom is 0.460 e. The van der Waals surface area contributed by atoms with Gasteiger partial charge in [0.2, 0.25) is 0 Å². The molecule has 0 atom stereocenters. The predicted octanol–water partition coefficient (Wildman–Crippen LogP) is 7.66. The van der Waals surface area contributed by atoms with Crippen molar-refractivity contribution in [2.24, 2.45) is 0 Å². The van der Waals surface area contributed by atoms with Crippen LogP contribution in [0.1, 0.15) is 16.7 Å². The van der Waals surface area contributed by atoms with Crippen molar-refractivity contribution in [2.75, 3.05) is 0 Å². The minimum atomic E-state index is -7.43. The molecule has 0 radical (unpaired) electrons. The molecule has 0 unspecified atom stereocenters. The van der Waals surface area contributed by atoms with Crippen LogP contribution in [0, 0.1) is 20.8 Å². The standard InChI is InChI=1S/C21H21S.C4HF9O3S/c1-16-14-17(2)21(18(3)15-16)22(19-10-6-4-7-11-19)20-12-8-5-9-13-20;5-1(6,3(9,10)11)2(7,8)4(12,13)17(14,15)16/h4-15H,1-3H3;(H,14,15,16)/q+1;/p-1. The van der Waals surface area contributed by atoms with Crippen LogP contribution in [0.15, 0.2) is 87.5 Å². The Balaban J connectivity index is 0.000000285. The lowest BCUT2D eigenvalue weighted by Gasteiger charge is -2.34. The Labute approximate surface area is 221 Å². The molecular weight excluding hydrogens is 583 g/mol. The maximum absolute atomic E-state index is 12.2. The van der Waals surface area contributed by atoms with Crippen LogP contribution in [0.2, 0.25) is 0 Å². The molecular formula is C25H21F9O3S2. The van der Waals surface area contributed by atoms with Gasteiger partial charge in [0, 0.05) is 11.1 Å². The van der Waals surface area contributed by atoms with Gasteiger partial charge in [-0.15, -0.1) is 0 Å². The fraction of sp³-hybridized carbons (Fsp3) is 0.280. The molecule has 0 amide bonds. The van der Waals surface area contributed by atoms with Crippen molar-refractivity contribution < 1.29 is 52.5 Å². The maximum atomic E-state index is 12.2. The van der Waals surface area contributed by atoms with Gasteiger partial charge in [-0.2, -0.15) is 39.5 Å². The summed E-state index contributed by atoms with van der Waals surface area (Å²) in [5, 5.41) is -7.11. The smallest absolute Gasteiger partial charge is 0.460 e. The lowest BCUT2D eigenvalue weighted by molar-refractivity contribution is -0.382. The number of benzene rings is 3. The third kappa shape index (κ3) is 6.55. The van der Waals surface area contributed by atoms with Gasteiger partial charge in [-0.25, -0.2) is 8.42 Å². The largest absolute Gasteiger partial charge is 0.743 e. The van der Waals surface area contributed by atoms with Crippen molar-refractivity contribution in [1.82, 2.24) is 0 Å². The first-order valence-electron chi connectivity index (χ1n) is 10.7. The van der Waals surface area contributed by atoms with Gasteiger partial charge in [0.25, 0.3) is 0 Å². The van der Waals surface area contributed by atoms with E-state index in [4.69, 9.17) is 0 Å². The van der Waals surface area contributed by atoms with Crippen LogP contribution in [-0.4, -0.2) is 36.2 Å². The van der Waals surface area contributed by atoms with Crippen LogP contribution in [-0.2, 0) is 21.0 Å². The Bertz CT molecular complexity index is 1310. The fourth-order valence-corrected chi connectivity index (χ4v) is 6.30. The Kier molecular flexibility index (Phi) is 9.51. The lowest BCUT2D eigenvalue weighted by Crippen LogP contribution is -2.63. The molecule has 0 aromatic heterocycles. The van der Waals surface area contributed by atoms with Crippen LogP contribution in [0.5, 0.6) is 0 Å². The third-order valence-corrected chi connectivity index (χ3v) is 8.62. The lowest BCUT2D eigenvalue weighted by atomic mass is 10.1. The molecule has 0 aliphatic heterocycles. The van der Waals surface area contributed by atoms with E-state index in [1.165, 1.54) is 31.4 Å². The first-order valence-corrected chi connectivity index (χ1v) is 13.4. The summed E-state index contributed by atoms with van der Waals surface area (Å²) in [6.45, 7) is 6.65. The molecule has 3 nitrogen and oxygen atoms in total. The normalized spacial score (nSPS) is 13.2. The van der Waals surface area contributed by atoms with E-state index in [2.05, 4.69) is 93.6 Å². The number of hydrogen-bond acceptors (Lipinski definition) is 3. The first-order chi connectivity index (χ1) is 17.7. The van der Waals surface area contributed by atoms with Crippen molar-refractivity contribution in [1.29, 1.82) is 0 Å². The van der Waals surface area contributed by atoms with Crippen molar-refractivity contribution in [3.05, 3.63) is 89.5 Å². The van der Waals surface area contributed by atoms with E-state index in [-0.39, 0.29) is 10.9 Å². The second-order valence-corrected chi connectivity index (χ2v) is 11.7. The molecule has 0 fully saturated rings. The highest BCUT2D eigenvalue weighted by atomic mass is 32.2. The summed E-state index contributed by atoms with van der Waals surface area (Å²) in [5.74, 6) is -14.8. The number of hydrogen-bond donors (Lipinski definition) is 0. The molecule has 0 aliphatic rings. The molecule has 0 saturated heterocycles. The van der Waals surface area contributed by atoms with E-state index in [0.29, 0.717) is 0 Å². The summed E-state index contributed by atoms with van der Waals surface area (Å²) < 4.78 is 135. The van der Waals surface area contributed by atoms with E-state index in [0.717, 1.165) is 0 Å². The number of halogens is 9. The highest BCUT2D eigenvalue weighted by Crippen LogP contribution is 2.54. The van der Waals surface area contributed by atoms with E-state index < -0.39 is 33.4 Å². The zero-order valence-corrected chi connectivity index (χ0v) is 22.0. The Morgan fingerprint density at radius 2 is 1.00 bits per heavy atom. The molecule has 0 N–H and O–H groups in total. The SMILES string of the molecule is Cc1cc(C)c([S+](c2ccccc2)c2ccccc2)c(C)c1.O=S(=O)([O-])C(F)(F)C(F)(F)C(F)(F)C(F)(F)F. The van der Waals surface area contributed by atoms with Crippen LogP contribution < -0.4 is 0 Å². The molecule has 39 heavy (non-hydrogen) atoms. The minimum absolute atomic E-state index is 0.0460. The van der Waals surface area contributed by atoms with Gasteiger partial charge in [-0.05, 0) is 45.0 Å². The van der Waals surface area contributed by atoms with Crippen molar-refractivity contribution >= 4 is 21.0 Å².